The fourth-order valence-corrected chi connectivity index (χ4v) is 3.01. The van der Waals surface area contributed by atoms with Crippen LogP contribution in [-0.2, 0) is 6.42 Å². The zero-order valence-electron chi connectivity index (χ0n) is 11.1. The molecule has 5 nitrogen and oxygen atoms in total. The van der Waals surface area contributed by atoms with Crippen molar-refractivity contribution in [2.24, 2.45) is 5.92 Å². The first-order chi connectivity index (χ1) is 8.85. The molecule has 100 valence electrons. The second-order valence-electron chi connectivity index (χ2n) is 5.49. The Hall–Kier alpha value is -0.940. The van der Waals surface area contributed by atoms with E-state index in [-0.39, 0.29) is 0 Å². The van der Waals surface area contributed by atoms with E-state index >= 15 is 0 Å². The van der Waals surface area contributed by atoms with Crippen LogP contribution in [0.3, 0.4) is 0 Å². The summed E-state index contributed by atoms with van der Waals surface area (Å²) in [5, 5.41) is 7.47. The molecule has 0 saturated carbocycles. The lowest BCUT2D eigenvalue weighted by atomic mass is 10.0. The Labute approximate surface area is 108 Å². The van der Waals surface area contributed by atoms with Gasteiger partial charge < -0.3 is 14.7 Å². The third-order valence-electron chi connectivity index (χ3n) is 4.18. The van der Waals surface area contributed by atoms with Gasteiger partial charge in [-0.1, -0.05) is 12.1 Å². The average molecular weight is 250 g/mol. The molecule has 1 N–H and O–H groups in total. The van der Waals surface area contributed by atoms with Crippen LogP contribution in [0.5, 0.6) is 0 Å². The molecule has 2 fully saturated rings. The van der Waals surface area contributed by atoms with Crippen LogP contribution in [0, 0.1) is 5.92 Å². The van der Waals surface area contributed by atoms with Crippen molar-refractivity contribution in [3.05, 3.63) is 11.7 Å². The third kappa shape index (κ3) is 2.57. The minimum absolute atomic E-state index is 0.432. The summed E-state index contributed by atoms with van der Waals surface area (Å²) in [6.07, 6.45) is 3.36. The highest BCUT2D eigenvalue weighted by Crippen LogP contribution is 2.23. The lowest BCUT2D eigenvalue weighted by Crippen LogP contribution is -2.20. The van der Waals surface area contributed by atoms with Gasteiger partial charge in [-0.15, -0.1) is 0 Å². The lowest BCUT2D eigenvalue weighted by Gasteiger charge is -2.11. The van der Waals surface area contributed by atoms with E-state index in [2.05, 4.69) is 27.3 Å². The molecule has 0 amide bonds. The van der Waals surface area contributed by atoms with Crippen LogP contribution in [-0.4, -0.2) is 47.8 Å². The van der Waals surface area contributed by atoms with E-state index in [0.29, 0.717) is 11.8 Å². The average Bonchev–Trinajstić information content (AvgIpc) is 3.10. The van der Waals surface area contributed by atoms with Crippen LogP contribution in [0.15, 0.2) is 4.52 Å². The molecular weight excluding hydrogens is 228 g/mol. The first-order valence-electron chi connectivity index (χ1n) is 7.10. The third-order valence-corrected chi connectivity index (χ3v) is 4.18. The first-order valence-corrected chi connectivity index (χ1v) is 7.10. The number of hydrogen-bond donors (Lipinski definition) is 1. The normalized spacial score (nSPS) is 29.2. The molecule has 0 aromatic carbocycles. The van der Waals surface area contributed by atoms with Crippen LogP contribution in [0.25, 0.3) is 0 Å². The Morgan fingerprint density at radius 3 is 3.11 bits per heavy atom. The molecule has 1 aromatic heterocycles. The van der Waals surface area contributed by atoms with Crippen molar-refractivity contribution in [2.75, 3.05) is 32.7 Å². The zero-order chi connectivity index (χ0) is 12.4. The Balaban J connectivity index is 1.57. The molecule has 3 heterocycles. The number of likely N-dealkylation sites (tertiary alicyclic amines) is 1. The predicted octanol–water partition coefficient (Wildman–Crippen LogP) is 1.03. The summed E-state index contributed by atoms with van der Waals surface area (Å²) in [5.74, 6) is 2.87. The zero-order valence-corrected chi connectivity index (χ0v) is 11.1. The van der Waals surface area contributed by atoms with Crippen LogP contribution in [0.1, 0.15) is 37.4 Å². The van der Waals surface area contributed by atoms with Gasteiger partial charge in [0.05, 0.1) is 5.92 Å². The minimum atomic E-state index is 0.432. The van der Waals surface area contributed by atoms with Gasteiger partial charge in [0.1, 0.15) is 0 Å². The van der Waals surface area contributed by atoms with E-state index in [1.807, 2.05) is 0 Å². The van der Waals surface area contributed by atoms with E-state index in [9.17, 15) is 0 Å². The molecule has 2 aliphatic heterocycles. The van der Waals surface area contributed by atoms with Crippen molar-refractivity contribution in [3.8, 4) is 0 Å². The number of nitrogens with zero attached hydrogens (tertiary/aromatic N) is 3. The molecule has 3 rings (SSSR count). The molecule has 0 spiro atoms. The van der Waals surface area contributed by atoms with Crippen molar-refractivity contribution in [2.45, 2.75) is 32.1 Å². The lowest BCUT2D eigenvalue weighted by molar-refractivity contribution is 0.336. The Bertz CT molecular complexity index is 386. The van der Waals surface area contributed by atoms with Crippen LogP contribution < -0.4 is 5.32 Å². The summed E-state index contributed by atoms with van der Waals surface area (Å²) in [5.41, 5.74) is 0. The van der Waals surface area contributed by atoms with E-state index in [4.69, 9.17) is 4.52 Å². The quantitative estimate of drug-likeness (QED) is 0.865. The summed E-state index contributed by atoms with van der Waals surface area (Å²) < 4.78 is 5.40. The first kappa shape index (κ1) is 12.1. The van der Waals surface area contributed by atoms with Gasteiger partial charge in [-0.2, -0.15) is 4.98 Å². The summed E-state index contributed by atoms with van der Waals surface area (Å²) in [6, 6.07) is 0. The van der Waals surface area contributed by atoms with Gasteiger partial charge in [0.15, 0.2) is 5.82 Å². The minimum Gasteiger partial charge on any atom is -0.339 e. The Morgan fingerprint density at radius 1 is 1.44 bits per heavy atom. The summed E-state index contributed by atoms with van der Waals surface area (Å²) in [4.78, 5) is 7.06. The monoisotopic (exact) mass is 250 g/mol. The van der Waals surface area contributed by atoms with Gasteiger partial charge in [0, 0.05) is 19.5 Å². The van der Waals surface area contributed by atoms with E-state index < -0.39 is 0 Å². The standard InChI is InChI=1S/C13H22N4O/c1-2-17-6-4-10(9-17)7-12-15-13(18-16-12)11-3-5-14-8-11/h10-11,14H,2-9H2,1H3. The van der Waals surface area contributed by atoms with Gasteiger partial charge in [-0.05, 0) is 38.4 Å². The number of aromatic nitrogens is 2. The van der Waals surface area contributed by atoms with Crippen molar-refractivity contribution in [1.82, 2.24) is 20.4 Å². The van der Waals surface area contributed by atoms with Crippen molar-refractivity contribution >= 4 is 0 Å². The van der Waals surface area contributed by atoms with Crippen LogP contribution >= 0.6 is 0 Å². The molecular formula is C13H22N4O. The molecule has 5 heteroatoms. The molecule has 0 bridgehead atoms. The molecule has 2 unspecified atom stereocenters. The molecule has 0 radical (unpaired) electrons. The maximum atomic E-state index is 5.40. The SMILES string of the molecule is CCN1CCC(Cc2noc(C3CCNC3)n2)C1. The number of nitrogens with one attached hydrogen (secondary N) is 1. The van der Waals surface area contributed by atoms with E-state index in [1.165, 1.54) is 19.5 Å². The van der Waals surface area contributed by atoms with Crippen molar-refractivity contribution in [1.29, 1.82) is 0 Å². The number of rotatable bonds is 4. The Morgan fingerprint density at radius 2 is 2.39 bits per heavy atom. The molecule has 2 aliphatic rings. The van der Waals surface area contributed by atoms with Gasteiger partial charge in [0.25, 0.3) is 0 Å². The molecule has 0 aliphatic carbocycles. The second kappa shape index (κ2) is 5.36. The fraction of sp³-hybridized carbons (Fsp3) is 0.846. The van der Waals surface area contributed by atoms with E-state index in [1.54, 1.807) is 0 Å². The van der Waals surface area contributed by atoms with Gasteiger partial charge in [0.2, 0.25) is 5.89 Å². The van der Waals surface area contributed by atoms with Gasteiger partial charge in [-0.3, -0.25) is 0 Å². The van der Waals surface area contributed by atoms with Gasteiger partial charge >= 0.3 is 0 Å². The summed E-state index contributed by atoms with van der Waals surface area (Å²) in [6.45, 7) is 7.83. The van der Waals surface area contributed by atoms with Crippen LogP contribution in [0.2, 0.25) is 0 Å². The van der Waals surface area contributed by atoms with Gasteiger partial charge in [-0.25, -0.2) is 0 Å². The van der Waals surface area contributed by atoms with Crippen LogP contribution in [0.4, 0.5) is 0 Å². The second-order valence-corrected chi connectivity index (χ2v) is 5.49. The summed E-state index contributed by atoms with van der Waals surface area (Å²) >= 11 is 0. The Kier molecular flexibility index (Phi) is 3.61. The fourth-order valence-electron chi connectivity index (χ4n) is 3.01. The molecule has 2 saturated heterocycles. The van der Waals surface area contributed by atoms with Crippen molar-refractivity contribution in [3.63, 3.8) is 0 Å². The highest BCUT2D eigenvalue weighted by atomic mass is 16.5. The maximum absolute atomic E-state index is 5.40. The van der Waals surface area contributed by atoms with Crippen molar-refractivity contribution < 1.29 is 4.52 Å². The molecule has 18 heavy (non-hydrogen) atoms. The van der Waals surface area contributed by atoms with E-state index in [0.717, 1.165) is 44.2 Å². The summed E-state index contributed by atoms with van der Waals surface area (Å²) in [7, 11) is 0. The largest absolute Gasteiger partial charge is 0.339 e. The molecule has 2 atom stereocenters. The maximum Gasteiger partial charge on any atom is 0.231 e. The number of hydrogen-bond acceptors (Lipinski definition) is 5. The molecule has 1 aromatic rings. The highest BCUT2D eigenvalue weighted by Gasteiger charge is 2.26. The highest BCUT2D eigenvalue weighted by molar-refractivity contribution is 4.99. The topological polar surface area (TPSA) is 54.2 Å². The smallest absolute Gasteiger partial charge is 0.231 e. The predicted molar refractivity (Wildman–Crippen MR) is 68.5 cm³/mol.